The highest BCUT2D eigenvalue weighted by Crippen LogP contribution is 2.28. The molecule has 2 aliphatic heterocycles. The van der Waals surface area contributed by atoms with Crippen molar-refractivity contribution < 1.29 is 14.3 Å². The standard InChI is InChI=1S/C24H30IN3O3/c1-30-21-9-7-19(8-10-21)11-12-28-18-22(31-24(28)29)17-26-13-15-27(16-14-26)23(25)20-5-3-2-4-6-20/h2-10,22-23H,11-18H2,1H3. The number of alkyl halides is 1. The normalized spacial score (nSPS) is 21.2. The molecule has 2 aromatic carbocycles. The number of benzene rings is 2. The van der Waals surface area contributed by atoms with Gasteiger partial charge < -0.3 is 14.4 Å². The van der Waals surface area contributed by atoms with E-state index in [0.717, 1.165) is 44.9 Å². The van der Waals surface area contributed by atoms with Crippen LogP contribution in [0, 0.1) is 0 Å². The van der Waals surface area contributed by atoms with Crippen LogP contribution in [0.1, 0.15) is 15.2 Å². The molecule has 166 valence electrons. The van der Waals surface area contributed by atoms with E-state index in [1.165, 1.54) is 11.1 Å². The van der Waals surface area contributed by atoms with Crippen LogP contribution in [0.4, 0.5) is 4.79 Å². The molecule has 2 saturated heterocycles. The van der Waals surface area contributed by atoms with E-state index < -0.39 is 0 Å². The maximum absolute atomic E-state index is 12.3. The number of halogens is 1. The van der Waals surface area contributed by atoms with Crippen molar-refractivity contribution in [2.24, 2.45) is 0 Å². The number of carbonyl (C=O) groups is 1. The summed E-state index contributed by atoms with van der Waals surface area (Å²) < 4.78 is 11.3. The summed E-state index contributed by atoms with van der Waals surface area (Å²) in [4.78, 5) is 19.1. The van der Waals surface area contributed by atoms with Gasteiger partial charge in [-0.3, -0.25) is 9.80 Å². The molecule has 0 aliphatic carbocycles. The Balaban J connectivity index is 1.20. The van der Waals surface area contributed by atoms with Gasteiger partial charge in [-0.25, -0.2) is 4.79 Å². The molecule has 0 spiro atoms. The minimum atomic E-state index is -0.187. The second-order valence-corrected chi connectivity index (χ2v) is 9.31. The van der Waals surface area contributed by atoms with E-state index in [-0.39, 0.29) is 12.2 Å². The van der Waals surface area contributed by atoms with Crippen LogP contribution in [-0.4, -0.2) is 79.8 Å². The van der Waals surface area contributed by atoms with Crippen molar-refractivity contribution in [3.63, 3.8) is 0 Å². The lowest BCUT2D eigenvalue weighted by Gasteiger charge is -2.38. The number of ether oxygens (including phenoxy) is 2. The average Bonchev–Trinajstić information content (AvgIpc) is 3.17. The summed E-state index contributed by atoms with van der Waals surface area (Å²) in [5.41, 5.74) is 2.55. The van der Waals surface area contributed by atoms with E-state index in [1.807, 2.05) is 29.2 Å². The zero-order valence-electron chi connectivity index (χ0n) is 18.0. The monoisotopic (exact) mass is 535 g/mol. The molecule has 2 fully saturated rings. The maximum atomic E-state index is 12.3. The molecule has 31 heavy (non-hydrogen) atoms. The molecular weight excluding hydrogens is 505 g/mol. The number of methoxy groups -OCH3 is 1. The molecule has 2 atom stereocenters. The molecule has 0 aromatic heterocycles. The first-order chi connectivity index (χ1) is 15.1. The Morgan fingerprint density at radius 2 is 1.77 bits per heavy atom. The van der Waals surface area contributed by atoms with Gasteiger partial charge in [0, 0.05) is 39.3 Å². The average molecular weight is 535 g/mol. The number of nitrogens with zero attached hydrogens (tertiary/aromatic N) is 3. The highest BCUT2D eigenvalue weighted by molar-refractivity contribution is 14.1. The largest absolute Gasteiger partial charge is 0.497 e. The first-order valence-electron chi connectivity index (χ1n) is 10.9. The van der Waals surface area contributed by atoms with Crippen molar-refractivity contribution >= 4 is 28.7 Å². The Bertz CT molecular complexity index is 841. The van der Waals surface area contributed by atoms with Gasteiger partial charge in [-0.2, -0.15) is 0 Å². The molecule has 2 heterocycles. The van der Waals surface area contributed by atoms with Crippen LogP contribution in [0.15, 0.2) is 54.6 Å². The smallest absolute Gasteiger partial charge is 0.410 e. The van der Waals surface area contributed by atoms with Crippen LogP contribution in [0.3, 0.4) is 0 Å². The first-order valence-corrected chi connectivity index (χ1v) is 12.1. The molecule has 0 N–H and O–H groups in total. The van der Waals surface area contributed by atoms with Crippen molar-refractivity contribution in [3.05, 3.63) is 65.7 Å². The van der Waals surface area contributed by atoms with Gasteiger partial charge in [0.1, 0.15) is 11.9 Å². The highest BCUT2D eigenvalue weighted by atomic mass is 127. The third kappa shape index (κ3) is 5.90. The minimum absolute atomic E-state index is 0.0422. The molecule has 2 unspecified atom stereocenters. The van der Waals surface area contributed by atoms with Gasteiger partial charge in [0.25, 0.3) is 0 Å². The van der Waals surface area contributed by atoms with Crippen molar-refractivity contribution in [3.8, 4) is 5.75 Å². The van der Waals surface area contributed by atoms with E-state index in [2.05, 4.69) is 62.7 Å². The van der Waals surface area contributed by atoms with Crippen LogP contribution in [0.25, 0.3) is 0 Å². The Morgan fingerprint density at radius 3 is 2.45 bits per heavy atom. The van der Waals surface area contributed by atoms with E-state index >= 15 is 0 Å². The minimum Gasteiger partial charge on any atom is -0.497 e. The topological polar surface area (TPSA) is 45.2 Å². The van der Waals surface area contributed by atoms with E-state index in [1.54, 1.807) is 7.11 Å². The fourth-order valence-corrected chi connectivity index (χ4v) is 5.16. The van der Waals surface area contributed by atoms with E-state index in [9.17, 15) is 4.79 Å². The zero-order valence-corrected chi connectivity index (χ0v) is 20.1. The maximum Gasteiger partial charge on any atom is 0.410 e. The zero-order chi connectivity index (χ0) is 21.6. The van der Waals surface area contributed by atoms with Crippen LogP contribution >= 0.6 is 22.6 Å². The lowest BCUT2D eigenvalue weighted by molar-refractivity contribution is 0.0749. The summed E-state index contributed by atoms with van der Waals surface area (Å²) in [5.74, 6) is 0.849. The third-order valence-electron chi connectivity index (χ3n) is 6.04. The summed E-state index contributed by atoms with van der Waals surface area (Å²) in [5, 5.41) is 0. The van der Waals surface area contributed by atoms with Gasteiger partial charge in [-0.1, -0.05) is 65.1 Å². The lowest BCUT2D eigenvalue weighted by atomic mass is 10.1. The number of hydrogen-bond acceptors (Lipinski definition) is 5. The Kier molecular flexibility index (Phi) is 7.68. The summed E-state index contributed by atoms with van der Waals surface area (Å²) in [6.07, 6.45) is 0.592. The highest BCUT2D eigenvalue weighted by Gasteiger charge is 2.33. The molecule has 1 amide bonds. The number of piperazine rings is 1. The number of cyclic esters (lactones) is 1. The molecular formula is C24H30IN3O3. The number of rotatable bonds is 8. The van der Waals surface area contributed by atoms with Crippen LogP contribution < -0.4 is 4.74 Å². The summed E-state index contributed by atoms with van der Waals surface area (Å²) in [6, 6.07) is 18.7. The number of amides is 1. The fourth-order valence-electron chi connectivity index (χ4n) is 4.19. The molecule has 0 radical (unpaired) electrons. The quantitative estimate of drug-likeness (QED) is 0.293. The van der Waals surface area contributed by atoms with E-state index in [4.69, 9.17) is 9.47 Å². The van der Waals surface area contributed by atoms with Gasteiger partial charge in [0.15, 0.2) is 0 Å². The van der Waals surface area contributed by atoms with Gasteiger partial charge >= 0.3 is 6.09 Å². The second kappa shape index (κ2) is 10.7. The molecule has 7 heteroatoms. The van der Waals surface area contributed by atoms with Crippen LogP contribution in [0.5, 0.6) is 5.75 Å². The van der Waals surface area contributed by atoms with Crippen molar-refractivity contribution in [1.29, 1.82) is 0 Å². The summed E-state index contributed by atoms with van der Waals surface area (Å²) >= 11 is 2.53. The second-order valence-electron chi connectivity index (χ2n) is 8.13. The molecule has 6 nitrogen and oxygen atoms in total. The Hall–Kier alpha value is -1.84. The number of carbonyl (C=O) groups excluding carboxylic acids is 1. The van der Waals surface area contributed by atoms with Gasteiger partial charge in [0.2, 0.25) is 0 Å². The predicted molar refractivity (Wildman–Crippen MR) is 130 cm³/mol. The summed E-state index contributed by atoms with van der Waals surface area (Å²) in [6.45, 7) is 6.25. The number of hydrogen-bond donors (Lipinski definition) is 0. The van der Waals surface area contributed by atoms with Crippen LogP contribution in [0.2, 0.25) is 0 Å². The van der Waals surface area contributed by atoms with Crippen molar-refractivity contribution in [2.75, 3.05) is 52.9 Å². The fraction of sp³-hybridized carbons (Fsp3) is 0.458. The van der Waals surface area contributed by atoms with Gasteiger partial charge in [-0.05, 0) is 29.7 Å². The SMILES string of the molecule is COc1ccc(CCN2CC(CN3CCN(C(I)c4ccccc4)CC3)OC2=O)cc1. The first kappa shape index (κ1) is 22.4. The van der Waals surface area contributed by atoms with Crippen molar-refractivity contribution in [1.82, 2.24) is 14.7 Å². The lowest BCUT2D eigenvalue weighted by Crippen LogP contribution is -2.49. The van der Waals surface area contributed by atoms with Gasteiger partial charge in [0.05, 0.1) is 17.7 Å². The molecule has 2 aliphatic rings. The van der Waals surface area contributed by atoms with E-state index in [0.29, 0.717) is 17.1 Å². The molecule has 4 rings (SSSR count). The van der Waals surface area contributed by atoms with Crippen LogP contribution in [-0.2, 0) is 11.2 Å². The predicted octanol–water partition coefficient (Wildman–Crippen LogP) is 3.81. The Labute approximate surface area is 198 Å². The van der Waals surface area contributed by atoms with Gasteiger partial charge in [-0.15, -0.1) is 0 Å². The molecule has 2 aromatic rings. The third-order valence-corrected chi connectivity index (χ3v) is 7.55. The van der Waals surface area contributed by atoms with Crippen molar-refractivity contribution in [2.45, 2.75) is 16.6 Å². The molecule has 0 saturated carbocycles. The molecule has 0 bridgehead atoms. The Morgan fingerprint density at radius 1 is 1.06 bits per heavy atom. The summed E-state index contributed by atoms with van der Waals surface area (Å²) in [7, 11) is 1.67.